The van der Waals surface area contributed by atoms with Gasteiger partial charge in [0.15, 0.2) is 0 Å². The number of aryl methyl sites for hydroxylation is 1. The largest absolute Gasteiger partial charge is 0.355 e. The minimum atomic E-state index is 0.00564. The summed E-state index contributed by atoms with van der Waals surface area (Å²) in [5.41, 5.74) is 1.28. The molecule has 29 heavy (non-hydrogen) atoms. The van der Waals surface area contributed by atoms with Gasteiger partial charge in [0.2, 0.25) is 17.6 Å². The van der Waals surface area contributed by atoms with E-state index in [1.54, 1.807) is 11.3 Å². The number of amides is 1. The van der Waals surface area contributed by atoms with Crippen molar-refractivity contribution in [2.24, 2.45) is 0 Å². The van der Waals surface area contributed by atoms with Gasteiger partial charge in [0.1, 0.15) is 0 Å². The number of carbonyl (C=O) groups excluding carboxylic acids is 1. The highest BCUT2D eigenvalue weighted by molar-refractivity contribution is 7.13. The van der Waals surface area contributed by atoms with Crippen LogP contribution in [0.25, 0.3) is 10.7 Å². The van der Waals surface area contributed by atoms with Crippen LogP contribution in [0.3, 0.4) is 0 Å². The lowest BCUT2D eigenvalue weighted by Crippen LogP contribution is -2.45. The Morgan fingerprint density at radius 3 is 2.66 bits per heavy atom. The van der Waals surface area contributed by atoms with E-state index in [4.69, 9.17) is 4.52 Å². The summed E-state index contributed by atoms with van der Waals surface area (Å²) >= 11 is 1.56. The van der Waals surface area contributed by atoms with Gasteiger partial charge < -0.3 is 9.84 Å². The highest BCUT2D eigenvalue weighted by atomic mass is 32.1. The number of thiophene rings is 1. The third-order valence-electron chi connectivity index (χ3n) is 4.95. The Labute approximate surface area is 175 Å². The first-order chi connectivity index (χ1) is 14.2. The van der Waals surface area contributed by atoms with Gasteiger partial charge in [-0.3, -0.25) is 9.69 Å². The van der Waals surface area contributed by atoms with Gasteiger partial charge in [0.05, 0.1) is 4.88 Å². The van der Waals surface area contributed by atoms with Crippen LogP contribution in [0, 0.1) is 0 Å². The van der Waals surface area contributed by atoms with E-state index in [-0.39, 0.29) is 11.9 Å². The normalized spacial score (nSPS) is 12.2. The molecule has 0 aliphatic carbocycles. The zero-order chi connectivity index (χ0) is 20.5. The van der Waals surface area contributed by atoms with E-state index in [0.29, 0.717) is 31.1 Å². The summed E-state index contributed by atoms with van der Waals surface area (Å²) in [4.78, 5) is 20.1. The van der Waals surface area contributed by atoms with E-state index in [9.17, 15) is 4.79 Å². The topological polar surface area (TPSA) is 71.3 Å². The quantitative estimate of drug-likeness (QED) is 0.519. The molecule has 2 aromatic heterocycles. The van der Waals surface area contributed by atoms with Gasteiger partial charge in [-0.25, -0.2) is 0 Å². The second kappa shape index (κ2) is 10.9. The number of hydrogen-bond acceptors (Lipinski definition) is 6. The molecule has 2 heterocycles. The fraction of sp³-hybridized carbons (Fsp3) is 0.409. The van der Waals surface area contributed by atoms with Gasteiger partial charge >= 0.3 is 0 Å². The van der Waals surface area contributed by atoms with E-state index < -0.39 is 0 Å². The van der Waals surface area contributed by atoms with Crippen molar-refractivity contribution in [2.45, 2.75) is 39.2 Å². The summed E-state index contributed by atoms with van der Waals surface area (Å²) < 4.78 is 5.27. The van der Waals surface area contributed by atoms with Crippen LogP contribution in [0.5, 0.6) is 0 Å². The Kier molecular flexibility index (Phi) is 7.95. The predicted molar refractivity (Wildman–Crippen MR) is 116 cm³/mol. The standard InChI is InChI=1S/C22H28N4O2S/c1-3-26(4-2)18(15-17-9-6-5-7-10-17)16-23-20(27)12-13-21-24-22(25-28-21)19-11-8-14-29-19/h5-11,14,18H,3-4,12-13,15-16H2,1-2H3,(H,23,27). The molecule has 1 amide bonds. The van der Waals surface area contributed by atoms with Crippen molar-refractivity contribution in [1.29, 1.82) is 0 Å². The number of nitrogens with one attached hydrogen (secondary N) is 1. The molecule has 0 saturated heterocycles. The van der Waals surface area contributed by atoms with Gasteiger partial charge in [-0.1, -0.05) is 55.4 Å². The summed E-state index contributed by atoms with van der Waals surface area (Å²) in [6, 6.07) is 14.6. The fourth-order valence-electron chi connectivity index (χ4n) is 3.36. The molecule has 3 rings (SSSR count). The molecule has 6 nitrogen and oxygen atoms in total. The highest BCUT2D eigenvalue weighted by Gasteiger charge is 2.18. The number of rotatable bonds is 11. The molecule has 0 aliphatic heterocycles. The minimum Gasteiger partial charge on any atom is -0.355 e. The molecule has 0 saturated carbocycles. The van der Waals surface area contributed by atoms with Crippen LogP contribution in [0.15, 0.2) is 52.4 Å². The van der Waals surface area contributed by atoms with Gasteiger partial charge in [-0.05, 0) is 36.5 Å². The van der Waals surface area contributed by atoms with E-state index in [2.05, 4.69) is 58.5 Å². The number of benzene rings is 1. The van der Waals surface area contributed by atoms with Crippen molar-refractivity contribution in [3.05, 3.63) is 59.3 Å². The third kappa shape index (κ3) is 6.24. The smallest absolute Gasteiger partial charge is 0.227 e. The molecule has 7 heteroatoms. The van der Waals surface area contributed by atoms with Gasteiger partial charge in [-0.15, -0.1) is 11.3 Å². The Morgan fingerprint density at radius 2 is 1.97 bits per heavy atom. The molecule has 1 aromatic carbocycles. The fourth-order valence-corrected chi connectivity index (χ4v) is 4.01. The molecule has 0 fully saturated rings. The van der Waals surface area contributed by atoms with Crippen LogP contribution in [-0.2, 0) is 17.6 Å². The van der Waals surface area contributed by atoms with Crippen molar-refractivity contribution in [1.82, 2.24) is 20.4 Å². The first-order valence-electron chi connectivity index (χ1n) is 10.1. The average molecular weight is 413 g/mol. The zero-order valence-electron chi connectivity index (χ0n) is 17.0. The Hall–Kier alpha value is -2.51. The predicted octanol–water partition coefficient (Wildman–Crippen LogP) is 3.80. The molecule has 1 atom stereocenters. The molecular formula is C22H28N4O2S. The first-order valence-corrected chi connectivity index (χ1v) is 11.0. The van der Waals surface area contributed by atoms with Crippen LogP contribution in [0.4, 0.5) is 0 Å². The second-order valence-electron chi connectivity index (χ2n) is 6.86. The van der Waals surface area contributed by atoms with E-state index in [1.807, 2.05) is 23.6 Å². The monoisotopic (exact) mass is 412 g/mol. The van der Waals surface area contributed by atoms with E-state index in [0.717, 1.165) is 24.4 Å². The lowest BCUT2D eigenvalue weighted by Gasteiger charge is -2.30. The maximum Gasteiger partial charge on any atom is 0.227 e. The summed E-state index contributed by atoms with van der Waals surface area (Å²) in [7, 11) is 0. The Balaban J connectivity index is 1.50. The van der Waals surface area contributed by atoms with Gasteiger partial charge in [0, 0.05) is 25.4 Å². The summed E-state index contributed by atoms with van der Waals surface area (Å²) in [5.74, 6) is 1.08. The van der Waals surface area contributed by atoms with Crippen LogP contribution >= 0.6 is 11.3 Å². The van der Waals surface area contributed by atoms with Crippen molar-refractivity contribution in [2.75, 3.05) is 19.6 Å². The van der Waals surface area contributed by atoms with Crippen LogP contribution in [-0.4, -0.2) is 46.6 Å². The Morgan fingerprint density at radius 1 is 1.17 bits per heavy atom. The molecule has 1 N–H and O–H groups in total. The zero-order valence-corrected chi connectivity index (χ0v) is 17.8. The SMILES string of the molecule is CCN(CC)C(CNC(=O)CCc1nc(-c2cccs2)no1)Cc1ccccc1. The molecule has 0 bridgehead atoms. The highest BCUT2D eigenvalue weighted by Crippen LogP contribution is 2.21. The van der Waals surface area contributed by atoms with Crippen molar-refractivity contribution in [3.8, 4) is 10.7 Å². The molecular weight excluding hydrogens is 384 g/mol. The molecule has 0 radical (unpaired) electrons. The first kappa shape index (κ1) is 21.2. The van der Waals surface area contributed by atoms with Crippen molar-refractivity contribution >= 4 is 17.2 Å². The van der Waals surface area contributed by atoms with Crippen LogP contribution in [0.2, 0.25) is 0 Å². The number of carbonyl (C=O) groups is 1. The molecule has 0 aliphatic rings. The third-order valence-corrected chi connectivity index (χ3v) is 5.82. The number of nitrogens with zero attached hydrogens (tertiary/aromatic N) is 3. The maximum absolute atomic E-state index is 12.4. The number of likely N-dealkylation sites (N-methyl/N-ethyl adjacent to an activating group) is 1. The number of hydrogen-bond donors (Lipinski definition) is 1. The molecule has 3 aromatic rings. The van der Waals surface area contributed by atoms with Crippen molar-refractivity contribution < 1.29 is 9.32 Å². The van der Waals surface area contributed by atoms with E-state index in [1.165, 1.54) is 5.56 Å². The van der Waals surface area contributed by atoms with Crippen LogP contribution < -0.4 is 5.32 Å². The molecule has 1 unspecified atom stereocenters. The lowest BCUT2D eigenvalue weighted by molar-refractivity contribution is -0.121. The lowest BCUT2D eigenvalue weighted by atomic mass is 10.0. The van der Waals surface area contributed by atoms with Crippen LogP contribution in [0.1, 0.15) is 31.7 Å². The second-order valence-corrected chi connectivity index (χ2v) is 7.81. The average Bonchev–Trinajstić information content (AvgIpc) is 3.43. The number of aromatic nitrogens is 2. The maximum atomic E-state index is 12.4. The molecule has 154 valence electrons. The minimum absolute atomic E-state index is 0.00564. The molecule has 0 spiro atoms. The Bertz CT molecular complexity index is 860. The van der Waals surface area contributed by atoms with Gasteiger partial charge in [-0.2, -0.15) is 4.98 Å². The van der Waals surface area contributed by atoms with E-state index >= 15 is 0 Å². The van der Waals surface area contributed by atoms with Crippen molar-refractivity contribution in [3.63, 3.8) is 0 Å². The summed E-state index contributed by atoms with van der Waals surface area (Å²) in [6.07, 6.45) is 1.69. The summed E-state index contributed by atoms with van der Waals surface area (Å²) in [6.45, 7) is 6.85. The summed E-state index contributed by atoms with van der Waals surface area (Å²) in [5, 5.41) is 9.05. The van der Waals surface area contributed by atoms with Gasteiger partial charge in [0.25, 0.3) is 0 Å².